The molecule has 0 spiro atoms. The lowest BCUT2D eigenvalue weighted by Gasteiger charge is -2.22. The number of hydrogen-bond acceptors (Lipinski definition) is 5. The molecule has 1 aromatic heterocycles. The number of benzene rings is 1. The number of cyclic esters (lactones) is 1. The van der Waals surface area contributed by atoms with E-state index in [4.69, 9.17) is 4.74 Å². The summed E-state index contributed by atoms with van der Waals surface area (Å²) in [7, 11) is 0. The zero-order valence-electron chi connectivity index (χ0n) is 16.4. The van der Waals surface area contributed by atoms with E-state index in [-0.39, 0.29) is 23.5 Å². The van der Waals surface area contributed by atoms with Crippen molar-refractivity contribution in [3.05, 3.63) is 54.2 Å². The number of hydrogen-bond donors (Lipinski definition) is 1. The molecule has 0 radical (unpaired) electrons. The molecule has 7 nitrogen and oxygen atoms in total. The number of carbonyl (C=O) groups excluding carboxylic acids is 2. The molecule has 0 unspecified atom stereocenters. The minimum atomic E-state index is -0.363. The Kier molecular flexibility index (Phi) is 4.19. The molecule has 7 heteroatoms. The maximum Gasteiger partial charge on any atom is 0.414 e. The second kappa shape index (κ2) is 6.76. The molecule has 3 atom stereocenters. The maximum atomic E-state index is 12.2. The predicted octanol–water partition coefficient (Wildman–Crippen LogP) is 2.32. The lowest BCUT2D eigenvalue weighted by atomic mass is 9.94. The van der Waals surface area contributed by atoms with Crippen molar-refractivity contribution in [3.63, 3.8) is 0 Å². The third kappa shape index (κ3) is 3.20. The van der Waals surface area contributed by atoms with Crippen LogP contribution in [0.3, 0.4) is 0 Å². The molecular weight excluding hydrogens is 368 g/mol. The first-order valence-corrected chi connectivity index (χ1v) is 10.0. The Morgan fingerprint density at radius 3 is 2.79 bits per heavy atom. The quantitative estimate of drug-likeness (QED) is 0.845. The number of carbonyl (C=O) groups is 2. The van der Waals surface area contributed by atoms with Crippen LogP contribution in [0.1, 0.15) is 18.9 Å². The fourth-order valence-corrected chi connectivity index (χ4v) is 4.71. The van der Waals surface area contributed by atoms with Crippen LogP contribution < -0.4 is 15.1 Å². The zero-order valence-corrected chi connectivity index (χ0v) is 16.4. The molecular formula is C22H24N4O3. The van der Waals surface area contributed by atoms with Crippen molar-refractivity contribution in [2.24, 2.45) is 5.92 Å². The number of rotatable bonds is 5. The molecule has 2 aromatic rings. The Balaban J connectivity index is 1.27. The molecule has 2 amide bonds. The second-order valence-electron chi connectivity index (χ2n) is 8.23. The van der Waals surface area contributed by atoms with Gasteiger partial charge in [0.1, 0.15) is 11.9 Å². The lowest BCUT2D eigenvalue weighted by Crippen LogP contribution is -2.33. The minimum Gasteiger partial charge on any atom is -0.442 e. The van der Waals surface area contributed by atoms with Crippen molar-refractivity contribution in [2.75, 3.05) is 36.0 Å². The number of nitrogens with one attached hydrogen (secondary N) is 1. The van der Waals surface area contributed by atoms with Crippen molar-refractivity contribution in [2.45, 2.75) is 24.9 Å². The third-order valence-corrected chi connectivity index (χ3v) is 6.33. The fraction of sp³-hybridized carbons (Fsp3) is 0.409. The van der Waals surface area contributed by atoms with Crippen LogP contribution in [0.15, 0.2) is 48.7 Å². The highest BCUT2D eigenvalue weighted by Gasteiger charge is 2.61. The third-order valence-electron chi connectivity index (χ3n) is 6.33. The van der Waals surface area contributed by atoms with Crippen LogP contribution in [-0.2, 0) is 14.9 Å². The Morgan fingerprint density at radius 2 is 2.07 bits per heavy atom. The van der Waals surface area contributed by atoms with Crippen molar-refractivity contribution < 1.29 is 14.3 Å². The Hall–Kier alpha value is -3.09. The molecule has 1 N–H and O–H groups in total. The van der Waals surface area contributed by atoms with Gasteiger partial charge in [0.2, 0.25) is 5.91 Å². The van der Waals surface area contributed by atoms with Crippen LogP contribution in [0.2, 0.25) is 0 Å². The summed E-state index contributed by atoms with van der Waals surface area (Å²) >= 11 is 0. The number of fused-ring (bicyclic) bond motifs is 1. The number of nitrogens with zero attached hydrogens (tertiary/aromatic N) is 3. The molecule has 2 aliphatic heterocycles. The van der Waals surface area contributed by atoms with Crippen LogP contribution in [-0.4, -0.2) is 49.3 Å². The molecule has 5 rings (SSSR count). The summed E-state index contributed by atoms with van der Waals surface area (Å²) < 4.78 is 5.36. The number of anilines is 2. The van der Waals surface area contributed by atoms with Crippen molar-refractivity contribution in [1.82, 2.24) is 10.3 Å². The van der Waals surface area contributed by atoms with Crippen LogP contribution in [0.5, 0.6) is 0 Å². The van der Waals surface area contributed by atoms with E-state index < -0.39 is 0 Å². The van der Waals surface area contributed by atoms with Gasteiger partial charge in [-0.2, -0.15) is 0 Å². The molecule has 150 valence electrons. The van der Waals surface area contributed by atoms with Gasteiger partial charge in [0.05, 0.1) is 13.1 Å². The van der Waals surface area contributed by atoms with Gasteiger partial charge < -0.3 is 15.0 Å². The SMILES string of the molecule is CC(=O)NC[C@H]1CN(c2ccc([C@@]34C[C@@H]3CN(c3ccccn3)C4)cc2)C(=O)O1. The largest absolute Gasteiger partial charge is 0.442 e. The summed E-state index contributed by atoms with van der Waals surface area (Å²) in [6.45, 7) is 4.26. The summed E-state index contributed by atoms with van der Waals surface area (Å²) in [6, 6.07) is 14.3. The molecule has 29 heavy (non-hydrogen) atoms. The Labute approximate surface area is 169 Å². The van der Waals surface area contributed by atoms with E-state index in [2.05, 4.69) is 33.4 Å². The van der Waals surface area contributed by atoms with E-state index in [1.165, 1.54) is 18.9 Å². The van der Waals surface area contributed by atoms with Gasteiger partial charge in [0.15, 0.2) is 0 Å². The standard InChI is InChI=1S/C22H24N4O3/c1-15(27)24-11-19-13-26(21(28)29-19)18-7-5-16(6-8-18)22-10-17(22)12-25(14-22)20-4-2-3-9-23-20/h2-9,17,19H,10-14H2,1H3,(H,24,27)/t17-,19+,22+/m1/s1. The first-order chi connectivity index (χ1) is 14.0. The van der Waals surface area contributed by atoms with Crippen molar-refractivity contribution in [3.8, 4) is 0 Å². The first kappa shape index (κ1) is 18.0. The van der Waals surface area contributed by atoms with Crippen LogP contribution in [0.25, 0.3) is 0 Å². The van der Waals surface area contributed by atoms with E-state index in [1.54, 1.807) is 4.90 Å². The summed E-state index contributed by atoms with van der Waals surface area (Å²) in [5.74, 6) is 1.58. The van der Waals surface area contributed by atoms with Gasteiger partial charge in [0, 0.05) is 37.3 Å². The normalized spacial score (nSPS) is 27.6. The average Bonchev–Trinajstić information content (AvgIpc) is 3.10. The topological polar surface area (TPSA) is 74.8 Å². The molecule has 2 saturated heterocycles. The number of aromatic nitrogens is 1. The second-order valence-corrected chi connectivity index (χ2v) is 8.23. The van der Waals surface area contributed by atoms with Gasteiger partial charge in [-0.1, -0.05) is 18.2 Å². The smallest absolute Gasteiger partial charge is 0.414 e. The molecule has 1 aliphatic carbocycles. The molecule has 0 bridgehead atoms. The Morgan fingerprint density at radius 1 is 1.24 bits per heavy atom. The maximum absolute atomic E-state index is 12.2. The molecule has 1 aromatic carbocycles. The average molecular weight is 392 g/mol. The van der Waals surface area contributed by atoms with Crippen LogP contribution >= 0.6 is 0 Å². The Bertz CT molecular complexity index is 933. The lowest BCUT2D eigenvalue weighted by molar-refractivity contribution is -0.119. The monoisotopic (exact) mass is 392 g/mol. The van der Waals surface area contributed by atoms with Crippen molar-refractivity contribution >= 4 is 23.5 Å². The molecule has 1 saturated carbocycles. The summed E-state index contributed by atoms with van der Waals surface area (Å²) in [4.78, 5) is 31.8. The zero-order chi connectivity index (χ0) is 20.0. The highest BCUT2D eigenvalue weighted by Crippen LogP contribution is 2.59. The number of amides is 2. The van der Waals surface area contributed by atoms with E-state index in [0.29, 0.717) is 19.0 Å². The van der Waals surface area contributed by atoms with E-state index in [1.807, 2.05) is 30.5 Å². The van der Waals surface area contributed by atoms with E-state index in [0.717, 1.165) is 24.6 Å². The highest BCUT2D eigenvalue weighted by molar-refractivity contribution is 5.89. The van der Waals surface area contributed by atoms with Crippen molar-refractivity contribution in [1.29, 1.82) is 0 Å². The van der Waals surface area contributed by atoms with Gasteiger partial charge in [-0.15, -0.1) is 0 Å². The van der Waals surface area contributed by atoms with Gasteiger partial charge in [0.25, 0.3) is 0 Å². The van der Waals surface area contributed by atoms with Crippen LogP contribution in [0.4, 0.5) is 16.3 Å². The summed E-state index contributed by atoms with van der Waals surface area (Å²) in [5.41, 5.74) is 2.36. The number of piperidine rings is 1. The first-order valence-electron chi connectivity index (χ1n) is 10.0. The van der Waals surface area contributed by atoms with Gasteiger partial charge >= 0.3 is 6.09 Å². The van der Waals surface area contributed by atoms with Gasteiger partial charge in [-0.05, 0) is 42.2 Å². The van der Waals surface area contributed by atoms with E-state index in [9.17, 15) is 9.59 Å². The highest BCUT2D eigenvalue weighted by atomic mass is 16.6. The molecule has 3 aliphatic rings. The fourth-order valence-electron chi connectivity index (χ4n) is 4.71. The predicted molar refractivity (Wildman–Crippen MR) is 109 cm³/mol. The summed E-state index contributed by atoms with van der Waals surface area (Å²) in [5, 5.41) is 2.70. The van der Waals surface area contributed by atoms with E-state index >= 15 is 0 Å². The van der Waals surface area contributed by atoms with Gasteiger partial charge in [-0.25, -0.2) is 9.78 Å². The summed E-state index contributed by atoms with van der Waals surface area (Å²) in [6.07, 6.45) is 2.37. The molecule has 3 fully saturated rings. The van der Waals surface area contributed by atoms with Crippen LogP contribution in [0, 0.1) is 5.92 Å². The number of ether oxygens (including phenoxy) is 1. The number of pyridine rings is 1. The van der Waals surface area contributed by atoms with Gasteiger partial charge in [-0.3, -0.25) is 9.69 Å². The molecule has 3 heterocycles. The minimum absolute atomic E-state index is 0.126.